The van der Waals surface area contributed by atoms with Gasteiger partial charge in [0.05, 0.1) is 5.57 Å². The molecule has 1 atom stereocenters. The Balaban J connectivity index is 2.27. The van der Waals surface area contributed by atoms with Crippen molar-refractivity contribution in [3.8, 4) is 5.75 Å². The topological polar surface area (TPSA) is 26.3 Å². The number of alkyl halides is 3. The molecule has 0 aliphatic heterocycles. The first kappa shape index (κ1) is 15.6. The Hall–Kier alpha value is -1.75. The Labute approximate surface area is 124 Å². The van der Waals surface area contributed by atoms with E-state index in [1.165, 1.54) is 24.3 Å². The standard InChI is InChI=1S/C15H12ClF3O2/c1-9-6-13(16)12(15(17,18)19)7-14(9)21-11-4-2-10(8-20)3-5-11/h2-5,7-9H,6H2,1H3. The highest BCUT2D eigenvalue weighted by atomic mass is 35.5. The summed E-state index contributed by atoms with van der Waals surface area (Å²) in [6.07, 6.45) is -2.82. The van der Waals surface area contributed by atoms with Crippen molar-refractivity contribution in [1.82, 2.24) is 0 Å². The maximum atomic E-state index is 12.8. The highest BCUT2D eigenvalue weighted by molar-refractivity contribution is 6.30. The highest BCUT2D eigenvalue weighted by Gasteiger charge is 2.38. The zero-order valence-corrected chi connectivity index (χ0v) is 11.8. The van der Waals surface area contributed by atoms with Gasteiger partial charge in [-0.3, -0.25) is 4.79 Å². The number of aldehydes is 1. The van der Waals surface area contributed by atoms with Gasteiger partial charge in [0.25, 0.3) is 0 Å². The van der Waals surface area contributed by atoms with E-state index in [-0.39, 0.29) is 23.1 Å². The average molecular weight is 317 g/mol. The number of carbonyl (C=O) groups is 1. The number of rotatable bonds is 3. The molecule has 0 spiro atoms. The third-order valence-corrected chi connectivity index (χ3v) is 3.47. The molecule has 0 radical (unpaired) electrons. The van der Waals surface area contributed by atoms with Crippen molar-refractivity contribution >= 4 is 17.9 Å². The quantitative estimate of drug-likeness (QED) is 0.745. The van der Waals surface area contributed by atoms with Crippen LogP contribution < -0.4 is 4.74 Å². The molecule has 0 aromatic heterocycles. The first-order valence-corrected chi connectivity index (χ1v) is 6.59. The maximum absolute atomic E-state index is 12.8. The largest absolute Gasteiger partial charge is 0.461 e. The summed E-state index contributed by atoms with van der Waals surface area (Å²) in [6, 6.07) is 6.13. The summed E-state index contributed by atoms with van der Waals surface area (Å²) in [5.41, 5.74) is -0.409. The lowest BCUT2D eigenvalue weighted by molar-refractivity contribution is -0.0894. The molecular formula is C15H12ClF3O2. The number of ether oxygens (including phenoxy) is 1. The summed E-state index contributed by atoms with van der Waals surface area (Å²) in [5.74, 6) is 0.318. The fraction of sp³-hybridized carbons (Fsp3) is 0.267. The monoisotopic (exact) mass is 316 g/mol. The third kappa shape index (κ3) is 3.67. The second-order valence-electron chi connectivity index (χ2n) is 4.76. The van der Waals surface area contributed by atoms with E-state index in [2.05, 4.69) is 0 Å². The van der Waals surface area contributed by atoms with Gasteiger partial charge in [-0.1, -0.05) is 18.5 Å². The molecule has 21 heavy (non-hydrogen) atoms. The summed E-state index contributed by atoms with van der Waals surface area (Å²) < 4.78 is 44.0. The molecule has 0 fully saturated rings. The molecule has 2 nitrogen and oxygen atoms in total. The molecule has 1 aliphatic carbocycles. The van der Waals surface area contributed by atoms with E-state index in [0.29, 0.717) is 17.6 Å². The van der Waals surface area contributed by atoms with Crippen LogP contribution >= 0.6 is 11.6 Å². The van der Waals surface area contributed by atoms with Crippen molar-refractivity contribution < 1.29 is 22.7 Å². The van der Waals surface area contributed by atoms with Crippen LogP contribution in [0.4, 0.5) is 13.2 Å². The van der Waals surface area contributed by atoms with E-state index in [9.17, 15) is 18.0 Å². The van der Waals surface area contributed by atoms with Gasteiger partial charge in [-0.15, -0.1) is 0 Å². The Morgan fingerprint density at radius 1 is 1.29 bits per heavy atom. The molecule has 112 valence electrons. The summed E-state index contributed by atoms with van der Waals surface area (Å²) in [5, 5.41) is -0.210. The van der Waals surface area contributed by atoms with E-state index in [0.717, 1.165) is 6.08 Å². The molecule has 1 aliphatic rings. The predicted octanol–water partition coefficient (Wildman–Crippen LogP) is 4.86. The zero-order chi connectivity index (χ0) is 15.6. The minimum absolute atomic E-state index is 0.0780. The highest BCUT2D eigenvalue weighted by Crippen LogP contribution is 2.40. The van der Waals surface area contributed by atoms with Crippen LogP contribution in [0.15, 0.2) is 46.7 Å². The molecule has 0 amide bonds. The van der Waals surface area contributed by atoms with Gasteiger partial charge in [-0.25, -0.2) is 0 Å². The average Bonchev–Trinajstić information content (AvgIpc) is 2.41. The van der Waals surface area contributed by atoms with Crippen molar-refractivity contribution in [2.24, 2.45) is 5.92 Å². The molecular weight excluding hydrogens is 305 g/mol. The molecule has 1 unspecified atom stereocenters. The van der Waals surface area contributed by atoms with Crippen molar-refractivity contribution in [3.05, 3.63) is 52.3 Å². The van der Waals surface area contributed by atoms with Crippen molar-refractivity contribution in [2.45, 2.75) is 19.5 Å². The van der Waals surface area contributed by atoms with E-state index < -0.39 is 11.7 Å². The minimum atomic E-state index is -4.51. The Morgan fingerprint density at radius 3 is 2.43 bits per heavy atom. The first-order valence-electron chi connectivity index (χ1n) is 6.22. The Bertz CT molecular complexity index is 600. The first-order chi connectivity index (χ1) is 9.81. The lowest BCUT2D eigenvalue weighted by Gasteiger charge is -2.24. The second-order valence-corrected chi connectivity index (χ2v) is 5.21. The number of carbonyl (C=O) groups excluding carboxylic acids is 1. The summed E-state index contributed by atoms with van der Waals surface area (Å²) in [6.45, 7) is 1.74. The van der Waals surface area contributed by atoms with Crippen LogP contribution in [0.1, 0.15) is 23.7 Å². The smallest absolute Gasteiger partial charge is 0.417 e. The summed E-state index contributed by atoms with van der Waals surface area (Å²) in [4.78, 5) is 10.6. The third-order valence-electron chi connectivity index (χ3n) is 3.11. The maximum Gasteiger partial charge on any atom is 0.417 e. The van der Waals surface area contributed by atoms with Crippen molar-refractivity contribution in [3.63, 3.8) is 0 Å². The van der Waals surface area contributed by atoms with Crippen molar-refractivity contribution in [1.29, 1.82) is 0 Å². The van der Waals surface area contributed by atoms with E-state index in [1.807, 2.05) is 0 Å². The van der Waals surface area contributed by atoms with Crippen LogP contribution in [0.2, 0.25) is 0 Å². The number of allylic oxidation sites excluding steroid dienone is 4. The fourth-order valence-electron chi connectivity index (χ4n) is 1.96. The van der Waals surface area contributed by atoms with Crippen LogP contribution in [0.25, 0.3) is 0 Å². The minimum Gasteiger partial charge on any atom is -0.461 e. The normalized spacial score (nSPS) is 19.3. The molecule has 1 aromatic carbocycles. The van der Waals surface area contributed by atoms with Crippen LogP contribution in [-0.2, 0) is 0 Å². The zero-order valence-electron chi connectivity index (χ0n) is 11.1. The van der Waals surface area contributed by atoms with E-state index in [1.54, 1.807) is 6.92 Å². The Morgan fingerprint density at radius 2 is 1.90 bits per heavy atom. The van der Waals surface area contributed by atoms with Gasteiger partial charge in [0.2, 0.25) is 0 Å². The van der Waals surface area contributed by atoms with Gasteiger partial charge < -0.3 is 4.74 Å². The lowest BCUT2D eigenvalue weighted by atomic mass is 9.95. The summed E-state index contributed by atoms with van der Waals surface area (Å²) >= 11 is 5.69. The molecule has 6 heteroatoms. The van der Waals surface area contributed by atoms with Crippen LogP contribution in [-0.4, -0.2) is 12.5 Å². The number of benzene rings is 1. The molecule has 0 N–H and O–H groups in total. The van der Waals surface area contributed by atoms with Crippen LogP contribution in [0.5, 0.6) is 5.75 Å². The fourth-order valence-corrected chi connectivity index (χ4v) is 2.35. The van der Waals surface area contributed by atoms with Crippen LogP contribution in [0.3, 0.4) is 0 Å². The van der Waals surface area contributed by atoms with Gasteiger partial charge in [0.15, 0.2) is 0 Å². The van der Waals surface area contributed by atoms with Crippen LogP contribution in [0, 0.1) is 5.92 Å². The molecule has 1 aromatic rings. The molecule has 2 rings (SSSR count). The number of halogens is 4. The molecule has 0 saturated heterocycles. The van der Waals surface area contributed by atoms with Gasteiger partial charge in [-0.05, 0) is 36.8 Å². The number of hydrogen-bond donors (Lipinski definition) is 0. The van der Waals surface area contributed by atoms with Gasteiger partial charge in [-0.2, -0.15) is 13.2 Å². The molecule has 0 bridgehead atoms. The van der Waals surface area contributed by atoms with E-state index in [4.69, 9.17) is 16.3 Å². The second kappa shape index (κ2) is 5.93. The lowest BCUT2D eigenvalue weighted by Crippen LogP contribution is -2.19. The van der Waals surface area contributed by atoms with Crippen molar-refractivity contribution in [2.75, 3.05) is 0 Å². The van der Waals surface area contributed by atoms with Gasteiger partial charge in [0.1, 0.15) is 17.8 Å². The SMILES string of the molecule is CC1CC(Cl)=C(C(F)(F)F)C=C1Oc1ccc(C=O)cc1. The predicted molar refractivity (Wildman–Crippen MR) is 73.3 cm³/mol. The number of hydrogen-bond acceptors (Lipinski definition) is 2. The summed E-state index contributed by atoms with van der Waals surface area (Å²) in [7, 11) is 0. The molecule has 0 heterocycles. The van der Waals surface area contributed by atoms with Gasteiger partial charge in [0, 0.05) is 16.5 Å². The molecule has 0 saturated carbocycles. The Kier molecular flexibility index (Phi) is 4.42. The van der Waals surface area contributed by atoms with E-state index >= 15 is 0 Å². The van der Waals surface area contributed by atoms with Gasteiger partial charge >= 0.3 is 6.18 Å².